The Bertz CT molecular complexity index is 778. The number of carbonyl (C=O) groups is 2. The van der Waals surface area contributed by atoms with Crippen molar-refractivity contribution in [1.29, 1.82) is 0 Å². The number of ether oxygens (including phenoxy) is 2. The van der Waals surface area contributed by atoms with Crippen molar-refractivity contribution >= 4 is 21.9 Å². The molecule has 10 heteroatoms. The Morgan fingerprint density at radius 2 is 2.12 bits per heavy atom. The number of amides is 2. The second kappa shape index (κ2) is 9.37. The zero-order valence-electron chi connectivity index (χ0n) is 15.7. The minimum atomic E-state index is -3.41. The van der Waals surface area contributed by atoms with E-state index in [2.05, 4.69) is 20.8 Å². The molecular weight excluding hydrogens is 360 g/mol. The summed E-state index contributed by atoms with van der Waals surface area (Å²) in [6.07, 6.45) is 2.23. The van der Waals surface area contributed by atoms with Crippen LogP contribution in [0.25, 0.3) is 0 Å². The van der Waals surface area contributed by atoms with Gasteiger partial charge in [0.15, 0.2) is 0 Å². The number of methoxy groups -OCH3 is 1. The lowest BCUT2D eigenvalue weighted by atomic mass is 10.1. The second-order valence-corrected chi connectivity index (χ2v) is 8.12. The molecule has 1 N–H and O–H groups in total. The average Bonchev–Trinajstić information content (AvgIpc) is 2.86. The number of aromatic nitrogens is 2. The van der Waals surface area contributed by atoms with Gasteiger partial charge < -0.3 is 9.47 Å². The molecule has 146 valence electrons. The maximum absolute atomic E-state index is 13.2. The number of aryl methyl sites for hydroxylation is 1. The molecule has 0 spiro atoms. The van der Waals surface area contributed by atoms with E-state index in [9.17, 15) is 13.8 Å². The summed E-state index contributed by atoms with van der Waals surface area (Å²) in [5.41, 5.74) is 0.0894. The highest BCUT2D eigenvalue weighted by atomic mass is 32.2. The van der Waals surface area contributed by atoms with Crippen LogP contribution in [-0.2, 0) is 21.7 Å². The van der Waals surface area contributed by atoms with Crippen LogP contribution in [0.15, 0.2) is 23.2 Å². The molecule has 2 atom stereocenters. The van der Waals surface area contributed by atoms with Crippen molar-refractivity contribution in [1.82, 2.24) is 14.5 Å². The summed E-state index contributed by atoms with van der Waals surface area (Å²) in [6, 6.07) is 0. The van der Waals surface area contributed by atoms with Gasteiger partial charge in [-0.3, -0.25) is 14.2 Å². The molecule has 0 saturated heterocycles. The van der Waals surface area contributed by atoms with E-state index in [1.165, 1.54) is 18.0 Å². The predicted molar refractivity (Wildman–Crippen MR) is 98.3 cm³/mol. The van der Waals surface area contributed by atoms with Gasteiger partial charge in [0, 0.05) is 13.2 Å². The minimum Gasteiger partial charge on any atom is -0.479 e. The molecule has 0 saturated carbocycles. The summed E-state index contributed by atoms with van der Waals surface area (Å²) >= 11 is 0. The fourth-order valence-electron chi connectivity index (χ4n) is 2.16. The van der Waals surface area contributed by atoms with E-state index in [0.717, 1.165) is 0 Å². The van der Waals surface area contributed by atoms with Crippen LogP contribution >= 0.6 is 0 Å². The van der Waals surface area contributed by atoms with Crippen LogP contribution in [0.4, 0.5) is 4.79 Å². The molecule has 0 radical (unpaired) electrons. The van der Waals surface area contributed by atoms with E-state index < -0.39 is 28.0 Å². The molecule has 2 amide bonds. The monoisotopic (exact) mass is 386 g/mol. The van der Waals surface area contributed by atoms with E-state index in [-0.39, 0.29) is 23.1 Å². The average molecular weight is 386 g/mol. The second-order valence-electron chi connectivity index (χ2n) is 6.12. The number of rotatable bonds is 8. The first-order chi connectivity index (χ1) is 12.1. The fourth-order valence-corrected chi connectivity index (χ4v) is 3.95. The van der Waals surface area contributed by atoms with Crippen molar-refractivity contribution in [2.45, 2.75) is 33.3 Å². The summed E-state index contributed by atoms with van der Waals surface area (Å²) in [5, 5.41) is 3.98. The highest BCUT2D eigenvalue weighted by Gasteiger charge is 2.24. The Balaban J connectivity index is 3.17. The van der Waals surface area contributed by atoms with Crippen LogP contribution in [0, 0.1) is 5.92 Å². The summed E-state index contributed by atoms with van der Waals surface area (Å²) in [7, 11) is -0.422. The Morgan fingerprint density at radius 3 is 2.65 bits per heavy atom. The molecule has 0 fully saturated rings. The van der Waals surface area contributed by atoms with Gasteiger partial charge in [-0.2, -0.15) is 0 Å². The third-order valence-electron chi connectivity index (χ3n) is 3.12. The molecule has 1 aromatic heterocycles. The number of hydrogen-bond donors (Lipinski definition) is 1. The predicted octanol–water partition coefficient (Wildman–Crippen LogP) is 2.30. The third kappa shape index (κ3) is 6.51. The zero-order chi connectivity index (χ0) is 19.9. The molecule has 0 aliphatic rings. The van der Waals surface area contributed by atoms with Crippen LogP contribution in [-0.4, -0.2) is 45.0 Å². The van der Waals surface area contributed by atoms with Crippen molar-refractivity contribution in [3.8, 4) is 5.88 Å². The van der Waals surface area contributed by atoms with Crippen molar-refractivity contribution in [3.05, 3.63) is 24.4 Å². The standard InChI is InChI=1S/C16H26N4O5S/c1-7-8-12(4)10-26(23,19-16(22)25-11(2)3)18-14(21)13-9-20(5)17-15(13)24-6/h7,9,11-12H,1,8,10H2,2-6H3,(H,18,19,21,22,23)/t12-,26?/m0/s1. The molecule has 1 heterocycles. The van der Waals surface area contributed by atoms with Crippen molar-refractivity contribution in [3.63, 3.8) is 0 Å². The fraction of sp³-hybridized carbons (Fsp3) is 0.562. The van der Waals surface area contributed by atoms with Gasteiger partial charge in [0.2, 0.25) is 5.88 Å². The summed E-state index contributed by atoms with van der Waals surface area (Å²) in [6.45, 7) is 8.75. The van der Waals surface area contributed by atoms with Gasteiger partial charge in [0.1, 0.15) is 15.5 Å². The summed E-state index contributed by atoms with van der Waals surface area (Å²) < 4.78 is 30.5. The number of carbonyl (C=O) groups excluding carboxylic acids is 2. The highest BCUT2D eigenvalue weighted by Crippen LogP contribution is 2.16. The lowest BCUT2D eigenvalue weighted by molar-refractivity contribution is 0.0979. The Hall–Kier alpha value is -2.36. The molecule has 0 aliphatic carbocycles. The van der Waals surface area contributed by atoms with Crippen molar-refractivity contribution < 1.29 is 23.3 Å². The van der Waals surface area contributed by atoms with E-state index in [1.807, 2.05) is 6.92 Å². The van der Waals surface area contributed by atoms with E-state index in [0.29, 0.717) is 6.42 Å². The number of nitrogens with one attached hydrogen (secondary N) is 1. The third-order valence-corrected chi connectivity index (χ3v) is 5.09. The Labute approximate surface area is 154 Å². The van der Waals surface area contributed by atoms with Gasteiger partial charge in [-0.25, -0.2) is 9.00 Å². The molecule has 9 nitrogen and oxygen atoms in total. The Kier molecular flexibility index (Phi) is 7.81. The van der Waals surface area contributed by atoms with Crippen LogP contribution in [0.1, 0.15) is 37.6 Å². The SMILES string of the molecule is C=CC[C@H](C)CS(=O)(=NC(=O)OC(C)C)NC(=O)c1cn(C)nc1OC. The lowest BCUT2D eigenvalue weighted by Gasteiger charge is -2.15. The smallest absolute Gasteiger partial charge is 0.443 e. The van der Waals surface area contributed by atoms with E-state index in [1.54, 1.807) is 27.0 Å². The van der Waals surface area contributed by atoms with Gasteiger partial charge in [0.05, 0.1) is 19.0 Å². The first-order valence-corrected chi connectivity index (χ1v) is 9.74. The zero-order valence-corrected chi connectivity index (χ0v) is 16.5. The van der Waals surface area contributed by atoms with E-state index in [4.69, 9.17) is 9.47 Å². The van der Waals surface area contributed by atoms with Crippen LogP contribution in [0.2, 0.25) is 0 Å². The molecule has 1 unspecified atom stereocenters. The van der Waals surface area contributed by atoms with Crippen LogP contribution < -0.4 is 9.46 Å². The Morgan fingerprint density at radius 1 is 1.46 bits per heavy atom. The normalized spacial score (nSPS) is 14.2. The summed E-state index contributed by atoms with van der Waals surface area (Å²) in [4.78, 5) is 24.4. The maximum atomic E-state index is 13.2. The molecule has 26 heavy (non-hydrogen) atoms. The molecule has 0 aliphatic heterocycles. The molecule has 1 aromatic rings. The first-order valence-electron chi connectivity index (χ1n) is 8.06. The van der Waals surface area contributed by atoms with Crippen molar-refractivity contribution in [2.75, 3.05) is 12.9 Å². The topological polar surface area (TPSA) is 112 Å². The highest BCUT2D eigenvalue weighted by molar-refractivity contribution is 7.92. The molecular formula is C16H26N4O5S. The van der Waals surface area contributed by atoms with E-state index >= 15 is 0 Å². The van der Waals surface area contributed by atoms with Gasteiger partial charge in [-0.05, 0) is 26.2 Å². The van der Waals surface area contributed by atoms with Crippen LogP contribution in [0.5, 0.6) is 5.88 Å². The molecule has 0 bridgehead atoms. The minimum absolute atomic E-state index is 0.0272. The number of allylic oxidation sites excluding steroid dienone is 1. The van der Waals surface area contributed by atoms with Gasteiger partial charge >= 0.3 is 6.09 Å². The lowest BCUT2D eigenvalue weighted by Crippen LogP contribution is -2.35. The van der Waals surface area contributed by atoms with Crippen molar-refractivity contribution in [2.24, 2.45) is 17.3 Å². The number of hydrogen-bond acceptors (Lipinski definition) is 6. The molecule has 0 aromatic carbocycles. The maximum Gasteiger partial charge on any atom is 0.443 e. The van der Waals surface area contributed by atoms with Gasteiger partial charge in [0.25, 0.3) is 5.91 Å². The number of nitrogens with zero attached hydrogens (tertiary/aromatic N) is 3. The molecule has 1 rings (SSSR count). The summed E-state index contributed by atoms with van der Waals surface area (Å²) in [5.74, 6) is -0.769. The quantitative estimate of drug-likeness (QED) is 0.686. The van der Waals surface area contributed by atoms with Gasteiger partial charge in [-0.1, -0.05) is 13.0 Å². The van der Waals surface area contributed by atoms with Gasteiger partial charge in [-0.15, -0.1) is 16.0 Å². The first kappa shape index (κ1) is 21.7. The largest absolute Gasteiger partial charge is 0.479 e. The van der Waals surface area contributed by atoms with Crippen LogP contribution in [0.3, 0.4) is 0 Å².